The third-order valence-corrected chi connectivity index (χ3v) is 3.67. The summed E-state index contributed by atoms with van der Waals surface area (Å²) in [5.41, 5.74) is 3.47. The van der Waals surface area contributed by atoms with Crippen molar-refractivity contribution in [1.29, 1.82) is 0 Å². The summed E-state index contributed by atoms with van der Waals surface area (Å²) in [6.45, 7) is 2.44. The molecular formula is C15H14ClN3O. The minimum Gasteiger partial charge on any atom is -0.384 e. The van der Waals surface area contributed by atoms with Gasteiger partial charge in [-0.15, -0.1) is 0 Å². The monoisotopic (exact) mass is 287 g/mol. The molecule has 3 rings (SSSR count). The first-order valence-corrected chi connectivity index (χ1v) is 6.80. The number of pyridine rings is 1. The Balaban J connectivity index is 1.81. The van der Waals surface area contributed by atoms with Crippen LogP contribution in [0.25, 0.3) is 0 Å². The van der Waals surface area contributed by atoms with Crippen LogP contribution in [0.4, 0.5) is 11.4 Å². The molecule has 0 saturated carbocycles. The minimum absolute atomic E-state index is 0.0327. The number of aromatic nitrogens is 1. The molecule has 0 aliphatic carbocycles. The van der Waals surface area contributed by atoms with E-state index in [1.165, 1.54) is 0 Å². The second-order valence-corrected chi connectivity index (χ2v) is 5.16. The van der Waals surface area contributed by atoms with Gasteiger partial charge in [0, 0.05) is 12.2 Å². The predicted octanol–water partition coefficient (Wildman–Crippen LogP) is 3.19. The lowest BCUT2D eigenvalue weighted by atomic mass is 10.0. The van der Waals surface area contributed by atoms with Gasteiger partial charge in [0.25, 0.3) is 0 Å². The van der Waals surface area contributed by atoms with Crippen molar-refractivity contribution in [1.82, 2.24) is 4.98 Å². The Morgan fingerprint density at radius 1 is 1.35 bits per heavy atom. The Labute approximate surface area is 122 Å². The van der Waals surface area contributed by atoms with Crippen LogP contribution < -0.4 is 10.6 Å². The molecule has 0 bridgehead atoms. The molecule has 0 radical (unpaired) electrons. The lowest BCUT2D eigenvalue weighted by Gasteiger charge is -2.12. The molecule has 1 aromatic carbocycles. The number of aryl methyl sites for hydroxylation is 1. The van der Waals surface area contributed by atoms with Crippen LogP contribution >= 0.6 is 11.6 Å². The number of amides is 1. The lowest BCUT2D eigenvalue weighted by Crippen LogP contribution is -2.23. The Morgan fingerprint density at radius 3 is 2.95 bits per heavy atom. The highest BCUT2D eigenvalue weighted by atomic mass is 35.5. The van der Waals surface area contributed by atoms with Gasteiger partial charge in [-0.1, -0.05) is 29.8 Å². The predicted molar refractivity (Wildman–Crippen MR) is 80.3 cm³/mol. The van der Waals surface area contributed by atoms with Gasteiger partial charge in [-0.2, -0.15) is 0 Å². The number of hydrogen-bond acceptors (Lipinski definition) is 3. The maximum Gasteiger partial charge on any atom is 0.233 e. The summed E-state index contributed by atoms with van der Waals surface area (Å²) in [5.74, 6) is -0.212. The van der Waals surface area contributed by atoms with Gasteiger partial charge in [-0.05, 0) is 30.7 Å². The largest absolute Gasteiger partial charge is 0.384 e. The number of rotatable bonds is 2. The van der Waals surface area contributed by atoms with Crippen molar-refractivity contribution in [3.05, 3.63) is 52.8 Å². The van der Waals surface area contributed by atoms with Crippen LogP contribution in [0.15, 0.2) is 36.4 Å². The quantitative estimate of drug-likeness (QED) is 0.834. The lowest BCUT2D eigenvalue weighted by molar-refractivity contribution is -0.117. The fourth-order valence-corrected chi connectivity index (χ4v) is 2.59. The van der Waals surface area contributed by atoms with E-state index >= 15 is 0 Å². The highest BCUT2D eigenvalue weighted by Crippen LogP contribution is 2.32. The molecule has 5 heteroatoms. The van der Waals surface area contributed by atoms with E-state index in [9.17, 15) is 4.79 Å². The SMILES string of the molecule is Cc1nc(Cl)ccc1NC(=O)C1CNc2ccccc21. The van der Waals surface area contributed by atoms with Crippen LogP contribution in [0.2, 0.25) is 5.15 Å². The number of fused-ring (bicyclic) bond motifs is 1. The Morgan fingerprint density at radius 2 is 2.15 bits per heavy atom. The molecular weight excluding hydrogens is 274 g/mol. The Kier molecular flexibility index (Phi) is 3.32. The van der Waals surface area contributed by atoms with Crippen molar-refractivity contribution in [2.75, 3.05) is 17.2 Å². The normalized spacial score (nSPS) is 16.4. The maximum atomic E-state index is 12.4. The summed E-state index contributed by atoms with van der Waals surface area (Å²) < 4.78 is 0. The van der Waals surface area contributed by atoms with Crippen molar-refractivity contribution in [2.45, 2.75) is 12.8 Å². The van der Waals surface area contributed by atoms with Crippen molar-refractivity contribution in [2.24, 2.45) is 0 Å². The summed E-state index contributed by atoms with van der Waals surface area (Å²) in [7, 11) is 0. The van der Waals surface area contributed by atoms with Gasteiger partial charge < -0.3 is 10.6 Å². The van der Waals surface area contributed by atoms with E-state index in [0.29, 0.717) is 23.1 Å². The number of benzene rings is 1. The zero-order valence-corrected chi connectivity index (χ0v) is 11.7. The molecule has 2 N–H and O–H groups in total. The molecule has 1 atom stereocenters. The minimum atomic E-state index is -0.179. The fraction of sp³-hybridized carbons (Fsp3) is 0.200. The average Bonchev–Trinajstić information content (AvgIpc) is 2.86. The standard InChI is InChI=1S/C15H14ClN3O/c1-9-12(6-7-14(16)18-9)19-15(20)11-8-17-13-5-3-2-4-10(11)13/h2-7,11,17H,8H2,1H3,(H,19,20). The van der Waals surface area contributed by atoms with Gasteiger partial charge >= 0.3 is 0 Å². The topological polar surface area (TPSA) is 54.0 Å². The molecule has 0 saturated heterocycles. The van der Waals surface area contributed by atoms with Gasteiger partial charge in [-0.25, -0.2) is 4.98 Å². The van der Waals surface area contributed by atoms with Crippen molar-refractivity contribution < 1.29 is 4.79 Å². The van der Waals surface area contributed by atoms with E-state index in [-0.39, 0.29) is 11.8 Å². The van der Waals surface area contributed by atoms with E-state index in [1.807, 2.05) is 31.2 Å². The molecule has 1 aliphatic heterocycles. The number of para-hydroxylation sites is 1. The van der Waals surface area contributed by atoms with Gasteiger partial charge in [0.05, 0.1) is 17.3 Å². The van der Waals surface area contributed by atoms with Crippen LogP contribution in [-0.2, 0) is 4.79 Å². The van der Waals surface area contributed by atoms with E-state index in [2.05, 4.69) is 15.6 Å². The highest BCUT2D eigenvalue weighted by Gasteiger charge is 2.28. The summed E-state index contributed by atoms with van der Waals surface area (Å²) >= 11 is 5.81. The summed E-state index contributed by atoms with van der Waals surface area (Å²) in [6, 6.07) is 11.3. The summed E-state index contributed by atoms with van der Waals surface area (Å²) in [6.07, 6.45) is 0. The molecule has 1 amide bonds. The zero-order chi connectivity index (χ0) is 14.1. The first-order chi connectivity index (χ1) is 9.65. The van der Waals surface area contributed by atoms with E-state index < -0.39 is 0 Å². The number of nitrogens with zero attached hydrogens (tertiary/aromatic N) is 1. The van der Waals surface area contributed by atoms with Gasteiger partial charge in [-0.3, -0.25) is 4.79 Å². The van der Waals surface area contributed by atoms with E-state index in [1.54, 1.807) is 12.1 Å². The van der Waals surface area contributed by atoms with Crippen LogP contribution in [-0.4, -0.2) is 17.4 Å². The number of halogens is 1. The molecule has 0 spiro atoms. The number of anilines is 2. The van der Waals surface area contributed by atoms with Crippen molar-refractivity contribution >= 4 is 28.9 Å². The van der Waals surface area contributed by atoms with Crippen LogP contribution in [0, 0.1) is 6.92 Å². The summed E-state index contributed by atoms with van der Waals surface area (Å²) in [4.78, 5) is 16.5. The van der Waals surface area contributed by atoms with Gasteiger partial charge in [0.2, 0.25) is 5.91 Å². The second kappa shape index (κ2) is 5.13. The third kappa shape index (κ3) is 2.34. The molecule has 0 fully saturated rings. The fourth-order valence-electron chi connectivity index (χ4n) is 2.40. The molecule has 1 aliphatic rings. The first kappa shape index (κ1) is 12.9. The summed E-state index contributed by atoms with van der Waals surface area (Å²) in [5, 5.41) is 6.59. The smallest absolute Gasteiger partial charge is 0.233 e. The Hall–Kier alpha value is -2.07. The average molecular weight is 288 g/mol. The van der Waals surface area contributed by atoms with Gasteiger partial charge in [0.15, 0.2) is 0 Å². The second-order valence-electron chi connectivity index (χ2n) is 4.78. The van der Waals surface area contributed by atoms with E-state index in [4.69, 9.17) is 11.6 Å². The molecule has 1 aromatic heterocycles. The number of hydrogen-bond donors (Lipinski definition) is 2. The van der Waals surface area contributed by atoms with Crippen molar-refractivity contribution in [3.63, 3.8) is 0 Å². The molecule has 2 aromatic rings. The van der Waals surface area contributed by atoms with E-state index in [0.717, 1.165) is 11.3 Å². The van der Waals surface area contributed by atoms with Crippen LogP contribution in [0.1, 0.15) is 17.2 Å². The van der Waals surface area contributed by atoms with Crippen LogP contribution in [0.5, 0.6) is 0 Å². The van der Waals surface area contributed by atoms with Gasteiger partial charge in [0.1, 0.15) is 5.15 Å². The van der Waals surface area contributed by atoms with Crippen molar-refractivity contribution in [3.8, 4) is 0 Å². The molecule has 20 heavy (non-hydrogen) atoms. The molecule has 102 valence electrons. The molecule has 4 nitrogen and oxygen atoms in total. The van der Waals surface area contributed by atoms with Crippen LogP contribution in [0.3, 0.4) is 0 Å². The first-order valence-electron chi connectivity index (χ1n) is 6.42. The number of carbonyl (C=O) groups excluding carboxylic acids is 1. The third-order valence-electron chi connectivity index (χ3n) is 3.46. The highest BCUT2D eigenvalue weighted by molar-refractivity contribution is 6.29. The molecule has 1 unspecified atom stereocenters. The number of carbonyl (C=O) groups is 1. The molecule has 2 heterocycles. The zero-order valence-electron chi connectivity index (χ0n) is 11.0. The number of nitrogens with one attached hydrogen (secondary N) is 2. The maximum absolute atomic E-state index is 12.4. The Bertz CT molecular complexity index is 672.